The predicted molar refractivity (Wildman–Crippen MR) is 137 cm³/mol. The van der Waals surface area contributed by atoms with Crippen molar-refractivity contribution in [2.24, 2.45) is 0 Å². The van der Waals surface area contributed by atoms with Gasteiger partial charge in [-0.05, 0) is 43.4 Å². The SMILES string of the molecule is CCCn1c(SCc2csc(N(C(C)=O)c3ccccc3)n2)nc2sc3c(c2c1=O)CCC3. The highest BCUT2D eigenvalue weighted by Crippen LogP contribution is 2.36. The van der Waals surface area contributed by atoms with Crippen molar-refractivity contribution in [3.05, 3.63) is 62.2 Å². The van der Waals surface area contributed by atoms with Crippen LogP contribution in [0.3, 0.4) is 0 Å². The lowest BCUT2D eigenvalue weighted by Gasteiger charge is -2.17. The van der Waals surface area contributed by atoms with Crippen molar-refractivity contribution in [1.82, 2.24) is 14.5 Å². The Morgan fingerprint density at radius 1 is 1.21 bits per heavy atom. The third kappa shape index (κ3) is 4.25. The van der Waals surface area contributed by atoms with Crippen molar-refractivity contribution in [1.29, 1.82) is 0 Å². The number of thiazole rings is 1. The first-order valence-corrected chi connectivity index (χ1v) is 13.7. The van der Waals surface area contributed by atoms with Crippen LogP contribution >= 0.6 is 34.4 Å². The summed E-state index contributed by atoms with van der Waals surface area (Å²) in [6.07, 6.45) is 4.05. The lowest BCUT2D eigenvalue weighted by Crippen LogP contribution is -2.23. The maximum absolute atomic E-state index is 13.4. The minimum absolute atomic E-state index is 0.0793. The number of carbonyl (C=O) groups is 1. The van der Waals surface area contributed by atoms with Gasteiger partial charge in [-0.15, -0.1) is 22.7 Å². The molecule has 1 aromatic carbocycles. The third-order valence-corrected chi connectivity index (χ3v) is 8.72. The number of hydrogen-bond donors (Lipinski definition) is 0. The topological polar surface area (TPSA) is 68.1 Å². The van der Waals surface area contributed by atoms with E-state index in [1.54, 1.807) is 23.2 Å². The average Bonchev–Trinajstić information content (AvgIpc) is 3.51. The normalized spacial score (nSPS) is 12.9. The maximum Gasteiger partial charge on any atom is 0.263 e. The van der Waals surface area contributed by atoms with Gasteiger partial charge in [0.2, 0.25) is 5.91 Å². The first-order chi connectivity index (χ1) is 16.1. The Bertz CT molecular complexity index is 1370. The van der Waals surface area contributed by atoms with Gasteiger partial charge in [0.1, 0.15) is 4.83 Å². The maximum atomic E-state index is 13.4. The van der Waals surface area contributed by atoms with Crippen LogP contribution in [0.4, 0.5) is 10.8 Å². The molecular weight excluding hydrogens is 472 g/mol. The van der Waals surface area contributed by atoms with Crippen molar-refractivity contribution >= 4 is 61.4 Å². The number of para-hydroxylation sites is 1. The standard InChI is InChI=1S/C24H24N4O2S3/c1-3-12-27-22(30)20-18-10-7-11-19(18)33-21(20)26-23(27)31-13-16-14-32-24(25-16)28(15(2)29)17-8-5-4-6-9-17/h4-6,8-9,14H,3,7,10-13H2,1-2H3. The molecule has 0 bridgehead atoms. The second-order valence-electron chi connectivity index (χ2n) is 7.99. The smallest absolute Gasteiger partial charge is 0.263 e. The lowest BCUT2D eigenvalue weighted by atomic mass is 10.2. The number of anilines is 2. The number of rotatable bonds is 7. The molecule has 0 fully saturated rings. The fourth-order valence-corrected chi connectivity index (χ4v) is 7.41. The van der Waals surface area contributed by atoms with E-state index in [4.69, 9.17) is 9.97 Å². The molecule has 0 aliphatic heterocycles. The summed E-state index contributed by atoms with van der Waals surface area (Å²) >= 11 is 4.66. The van der Waals surface area contributed by atoms with Gasteiger partial charge in [-0.3, -0.25) is 19.1 Å². The van der Waals surface area contributed by atoms with E-state index in [-0.39, 0.29) is 11.5 Å². The molecule has 0 unspecified atom stereocenters. The molecule has 9 heteroatoms. The highest BCUT2D eigenvalue weighted by Gasteiger charge is 2.23. The number of hydrogen-bond acceptors (Lipinski definition) is 7. The second kappa shape index (κ2) is 9.40. The number of benzene rings is 1. The number of aromatic nitrogens is 3. The molecule has 0 saturated heterocycles. The molecule has 5 rings (SSSR count). The molecule has 170 valence electrons. The van der Waals surface area contributed by atoms with Crippen molar-refractivity contribution in [3.63, 3.8) is 0 Å². The number of fused-ring (bicyclic) bond motifs is 3. The van der Waals surface area contributed by atoms with Crippen LogP contribution in [-0.2, 0) is 29.9 Å². The van der Waals surface area contributed by atoms with Gasteiger partial charge in [0, 0.05) is 29.5 Å². The Labute approximate surface area is 204 Å². The van der Waals surface area contributed by atoms with Crippen LogP contribution in [0.5, 0.6) is 0 Å². The number of nitrogens with zero attached hydrogens (tertiary/aromatic N) is 4. The Morgan fingerprint density at radius 2 is 2.03 bits per heavy atom. The minimum atomic E-state index is -0.0793. The molecule has 0 radical (unpaired) electrons. The van der Waals surface area contributed by atoms with Crippen LogP contribution in [0, 0.1) is 0 Å². The fraction of sp³-hybridized carbons (Fsp3) is 0.333. The molecule has 0 spiro atoms. The molecule has 1 aliphatic carbocycles. The number of thioether (sulfide) groups is 1. The van der Waals surface area contributed by atoms with Gasteiger partial charge in [-0.1, -0.05) is 36.9 Å². The van der Waals surface area contributed by atoms with E-state index < -0.39 is 0 Å². The van der Waals surface area contributed by atoms with Gasteiger partial charge < -0.3 is 0 Å². The molecule has 3 aromatic heterocycles. The van der Waals surface area contributed by atoms with E-state index in [0.717, 1.165) is 52.4 Å². The minimum Gasteiger partial charge on any atom is -0.287 e. The van der Waals surface area contributed by atoms with Gasteiger partial charge in [-0.2, -0.15) is 0 Å². The highest BCUT2D eigenvalue weighted by molar-refractivity contribution is 7.98. The molecular formula is C24H24N4O2S3. The van der Waals surface area contributed by atoms with Crippen LogP contribution in [0.2, 0.25) is 0 Å². The quantitative estimate of drug-likeness (QED) is 0.239. The number of amides is 1. The van der Waals surface area contributed by atoms with E-state index in [0.29, 0.717) is 17.4 Å². The third-order valence-electron chi connectivity index (χ3n) is 5.65. The number of aryl methyl sites for hydroxylation is 2. The van der Waals surface area contributed by atoms with Crippen LogP contribution in [0.1, 0.15) is 42.8 Å². The summed E-state index contributed by atoms with van der Waals surface area (Å²) in [5, 5.41) is 4.20. The summed E-state index contributed by atoms with van der Waals surface area (Å²) in [6, 6.07) is 9.54. The van der Waals surface area contributed by atoms with Crippen molar-refractivity contribution in [3.8, 4) is 0 Å². The van der Waals surface area contributed by atoms with E-state index >= 15 is 0 Å². The zero-order chi connectivity index (χ0) is 22.9. The molecule has 0 saturated carbocycles. The fourth-order valence-electron chi connectivity index (χ4n) is 4.20. The summed E-state index contributed by atoms with van der Waals surface area (Å²) in [4.78, 5) is 39.1. The molecule has 0 N–H and O–H groups in total. The van der Waals surface area contributed by atoms with Gasteiger partial charge in [-0.25, -0.2) is 9.97 Å². The second-order valence-corrected chi connectivity index (χ2v) is 10.9. The molecule has 6 nitrogen and oxygen atoms in total. The highest BCUT2D eigenvalue weighted by atomic mass is 32.2. The van der Waals surface area contributed by atoms with Crippen molar-refractivity contribution in [2.75, 3.05) is 4.90 Å². The molecule has 3 heterocycles. The zero-order valence-corrected chi connectivity index (χ0v) is 21.0. The summed E-state index contributed by atoms with van der Waals surface area (Å²) in [5.41, 5.74) is 2.99. The Kier molecular flexibility index (Phi) is 6.36. The van der Waals surface area contributed by atoms with E-state index in [2.05, 4.69) is 6.92 Å². The van der Waals surface area contributed by atoms with E-state index in [1.807, 2.05) is 40.3 Å². The van der Waals surface area contributed by atoms with Crippen molar-refractivity contribution < 1.29 is 4.79 Å². The molecule has 33 heavy (non-hydrogen) atoms. The largest absolute Gasteiger partial charge is 0.287 e. The van der Waals surface area contributed by atoms with E-state index in [1.165, 1.54) is 33.5 Å². The van der Waals surface area contributed by atoms with Crippen LogP contribution in [0.15, 0.2) is 45.7 Å². The summed E-state index contributed by atoms with van der Waals surface area (Å²) in [5.74, 6) is 0.508. The Morgan fingerprint density at radius 3 is 2.79 bits per heavy atom. The average molecular weight is 497 g/mol. The summed E-state index contributed by atoms with van der Waals surface area (Å²) in [7, 11) is 0. The molecule has 4 aromatic rings. The first kappa shape index (κ1) is 22.3. The molecule has 1 amide bonds. The van der Waals surface area contributed by atoms with Gasteiger partial charge in [0.25, 0.3) is 5.56 Å². The van der Waals surface area contributed by atoms with Gasteiger partial charge >= 0.3 is 0 Å². The summed E-state index contributed by atoms with van der Waals surface area (Å²) in [6.45, 7) is 4.28. The van der Waals surface area contributed by atoms with Gasteiger partial charge in [0.05, 0.1) is 16.8 Å². The number of thiophene rings is 1. The number of carbonyl (C=O) groups excluding carboxylic acids is 1. The molecule has 1 aliphatic rings. The van der Waals surface area contributed by atoms with Crippen LogP contribution in [-0.4, -0.2) is 20.4 Å². The Hall–Kier alpha value is -2.49. The Balaban J connectivity index is 1.42. The molecule has 0 atom stereocenters. The lowest BCUT2D eigenvalue weighted by molar-refractivity contribution is -0.115. The predicted octanol–water partition coefficient (Wildman–Crippen LogP) is 5.79. The monoisotopic (exact) mass is 496 g/mol. The van der Waals surface area contributed by atoms with Gasteiger partial charge in [0.15, 0.2) is 10.3 Å². The van der Waals surface area contributed by atoms with Crippen LogP contribution < -0.4 is 10.5 Å². The first-order valence-electron chi connectivity index (χ1n) is 11.0. The zero-order valence-electron chi connectivity index (χ0n) is 18.5. The van der Waals surface area contributed by atoms with Crippen LogP contribution in [0.25, 0.3) is 10.2 Å². The van der Waals surface area contributed by atoms with Crippen molar-refractivity contribution in [2.45, 2.75) is 57.0 Å². The summed E-state index contributed by atoms with van der Waals surface area (Å²) < 4.78 is 1.83. The van der Waals surface area contributed by atoms with E-state index in [9.17, 15) is 9.59 Å².